The number of hydrogen-bond acceptors (Lipinski definition) is 5. The summed E-state index contributed by atoms with van der Waals surface area (Å²) in [6.07, 6.45) is 0.321. The van der Waals surface area contributed by atoms with E-state index in [2.05, 4.69) is 10.1 Å². The molecule has 0 bridgehead atoms. The molecule has 0 saturated heterocycles. The SMILES string of the molecule is CN(C)C(=O)Cc1ccc2nc(N)n(Cc3cccc(-c4ccc(=O)n(C)n4)c3)c2c1. The van der Waals surface area contributed by atoms with Gasteiger partial charge in [0.1, 0.15) is 0 Å². The van der Waals surface area contributed by atoms with E-state index >= 15 is 0 Å². The maximum Gasteiger partial charge on any atom is 0.266 e. The summed E-state index contributed by atoms with van der Waals surface area (Å²) in [6, 6.07) is 16.9. The number of nitrogens with two attached hydrogens (primary N) is 1. The number of aryl methyl sites for hydroxylation is 1. The van der Waals surface area contributed by atoms with Crippen LogP contribution >= 0.6 is 0 Å². The second-order valence-corrected chi connectivity index (χ2v) is 7.72. The molecule has 0 atom stereocenters. The van der Waals surface area contributed by atoms with Gasteiger partial charge in [-0.2, -0.15) is 5.10 Å². The highest BCUT2D eigenvalue weighted by molar-refractivity contribution is 5.83. The summed E-state index contributed by atoms with van der Waals surface area (Å²) < 4.78 is 3.26. The maximum atomic E-state index is 12.1. The Hall–Kier alpha value is -3.94. The van der Waals surface area contributed by atoms with Gasteiger partial charge in [-0.15, -0.1) is 0 Å². The molecule has 8 heteroatoms. The molecule has 0 fully saturated rings. The van der Waals surface area contributed by atoms with Gasteiger partial charge in [0, 0.05) is 32.8 Å². The van der Waals surface area contributed by atoms with E-state index in [0.29, 0.717) is 18.9 Å². The number of carbonyl (C=O) groups is 1. The van der Waals surface area contributed by atoms with Crippen molar-refractivity contribution >= 4 is 22.9 Å². The van der Waals surface area contributed by atoms with Gasteiger partial charge in [-0.3, -0.25) is 9.59 Å². The molecule has 2 aromatic carbocycles. The lowest BCUT2D eigenvalue weighted by Crippen LogP contribution is -2.23. The molecule has 0 unspecified atom stereocenters. The van der Waals surface area contributed by atoms with Crippen molar-refractivity contribution in [3.05, 3.63) is 76.1 Å². The first-order chi connectivity index (χ1) is 14.8. The van der Waals surface area contributed by atoms with E-state index in [9.17, 15) is 9.59 Å². The van der Waals surface area contributed by atoms with Crippen LogP contribution in [0.15, 0.2) is 59.4 Å². The normalized spacial score (nSPS) is 11.1. The van der Waals surface area contributed by atoms with Gasteiger partial charge in [-0.05, 0) is 35.4 Å². The molecule has 2 heterocycles. The molecule has 0 aliphatic heterocycles. The first-order valence-electron chi connectivity index (χ1n) is 9.90. The van der Waals surface area contributed by atoms with E-state index in [1.807, 2.05) is 47.0 Å². The summed E-state index contributed by atoms with van der Waals surface area (Å²) in [5, 5.41) is 4.33. The number of nitrogens with zero attached hydrogens (tertiary/aromatic N) is 5. The summed E-state index contributed by atoms with van der Waals surface area (Å²) in [4.78, 5) is 29.8. The molecule has 1 amide bonds. The van der Waals surface area contributed by atoms with Crippen molar-refractivity contribution < 1.29 is 4.79 Å². The molecule has 0 saturated carbocycles. The van der Waals surface area contributed by atoms with Crippen LogP contribution in [0.3, 0.4) is 0 Å². The lowest BCUT2D eigenvalue weighted by molar-refractivity contribution is -0.127. The Morgan fingerprint density at radius 2 is 1.87 bits per heavy atom. The second kappa shape index (κ2) is 8.06. The number of imidazole rings is 1. The lowest BCUT2D eigenvalue weighted by Gasteiger charge is -2.11. The number of amides is 1. The Bertz CT molecular complexity index is 1340. The van der Waals surface area contributed by atoms with E-state index in [1.54, 1.807) is 32.1 Å². The van der Waals surface area contributed by atoms with Crippen molar-refractivity contribution in [3.63, 3.8) is 0 Å². The van der Waals surface area contributed by atoms with Gasteiger partial charge in [-0.25, -0.2) is 9.67 Å². The highest BCUT2D eigenvalue weighted by Crippen LogP contribution is 2.23. The van der Waals surface area contributed by atoms with E-state index < -0.39 is 0 Å². The number of aromatic nitrogens is 4. The Labute approximate surface area is 179 Å². The maximum absolute atomic E-state index is 12.1. The van der Waals surface area contributed by atoms with Crippen molar-refractivity contribution in [1.82, 2.24) is 24.2 Å². The van der Waals surface area contributed by atoms with Crippen molar-refractivity contribution in [1.29, 1.82) is 0 Å². The predicted molar refractivity (Wildman–Crippen MR) is 121 cm³/mol. The Morgan fingerprint density at radius 3 is 2.61 bits per heavy atom. The summed E-state index contributed by atoms with van der Waals surface area (Å²) in [6.45, 7) is 0.521. The largest absolute Gasteiger partial charge is 0.369 e. The monoisotopic (exact) mass is 416 g/mol. The molecule has 2 N–H and O–H groups in total. The van der Waals surface area contributed by atoms with Crippen molar-refractivity contribution in [3.8, 4) is 11.3 Å². The first-order valence-corrected chi connectivity index (χ1v) is 9.90. The fraction of sp³-hybridized carbons (Fsp3) is 0.217. The van der Waals surface area contributed by atoms with Crippen LogP contribution in [0.25, 0.3) is 22.3 Å². The van der Waals surface area contributed by atoms with Crippen molar-refractivity contribution in [2.75, 3.05) is 19.8 Å². The summed E-state index contributed by atoms with van der Waals surface area (Å²) in [5.74, 6) is 0.451. The predicted octanol–water partition coefficient (Wildman–Crippen LogP) is 2.06. The quantitative estimate of drug-likeness (QED) is 0.537. The smallest absolute Gasteiger partial charge is 0.266 e. The average Bonchev–Trinajstić information content (AvgIpc) is 3.05. The number of likely N-dealkylation sites (N-methyl/N-ethyl adjacent to an activating group) is 1. The second-order valence-electron chi connectivity index (χ2n) is 7.72. The summed E-state index contributed by atoms with van der Waals surface area (Å²) >= 11 is 0. The topological polar surface area (TPSA) is 99.0 Å². The van der Waals surface area contributed by atoms with Crippen LogP contribution < -0.4 is 11.3 Å². The van der Waals surface area contributed by atoms with Crippen LogP contribution in [-0.2, 0) is 24.8 Å². The third-order valence-corrected chi connectivity index (χ3v) is 5.22. The summed E-state index contributed by atoms with van der Waals surface area (Å²) in [7, 11) is 5.12. The highest BCUT2D eigenvalue weighted by atomic mass is 16.2. The minimum Gasteiger partial charge on any atom is -0.369 e. The third-order valence-electron chi connectivity index (χ3n) is 5.22. The first kappa shape index (κ1) is 20.3. The third kappa shape index (κ3) is 4.18. The van der Waals surface area contributed by atoms with E-state index in [4.69, 9.17) is 5.73 Å². The molecule has 4 rings (SSSR count). The number of rotatable bonds is 5. The van der Waals surface area contributed by atoms with Gasteiger partial charge in [0.25, 0.3) is 5.56 Å². The molecule has 0 aliphatic carbocycles. The number of anilines is 1. The fourth-order valence-electron chi connectivity index (χ4n) is 3.46. The zero-order valence-corrected chi connectivity index (χ0v) is 17.7. The number of benzene rings is 2. The standard InChI is InChI=1S/C23H24N6O2/c1-27(2)22(31)13-15-7-8-19-20(12-15)29(23(24)25-19)14-16-5-4-6-17(11-16)18-9-10-21(30)28(3)26-18/h4-12H,13-14H2,1-3H3,(H2,24,25). The molecular weight excluding hydrogens is 392 g/mol. The van der Waals surface area contributed by atoms with Crippen molar-refractivity contribution in [2.45, 2.75) is 13.0 Å². The van der Waals surface area contributed by atoms with E-state index in [1.165, 1.54) is 10.7 Å². The van der Waals surface area contributed by atoms with Crippen LogP contribution in [0.4, 0.5) is 5.95 Å². The van der Waals surface area contributed by atoms with Gasteiger partial charge in [-0.1, -0.05) is 24.3 Å². The molecule has 2 aromatic heterocycles. The van der Waals surface area contributed by atoms with Crippen LogP contribution in [0.1, 0.15) is 11.1 Å². The fourth-order valence-corrected chi connectivity index (χ4v) is 3.46. The zero-order valence-electron chi connectivity index (χ0n) is 17.7. The number of carbonyl (C=O) groups excluding carboxylic acids is 1. The minimum atomic E-state index is -0.152. The zero-order chi connectivity index (χ0) is 22.1. The Kier molecular flexibility index (Phi) is 5.29. The van der Waals surface area contributed by atoms with Gasteiger partial charge in [0.05, 0.1) is 29.7 Å². The lowest BCUT2D eigenvalue weighted by atomic mass is 10.1. The van der Waals surface area contributed by atoms with Crippen LogP contribution in [-0.4, -0.2) is 44.2 Å². The number of fused-ring (bicyclic) bond motifs is 1. The minimum absolute atomic E-state index is 0.0378. The average molecular weight is 416 g/mol. The van der Waals surface area contributed by atoms with Gasteiger partial charge >= 0.3 is 0 Å². The van der Waals surface area contributed by atoms with Gasteiger partial charge in [0.15, 0.2) is 0 Å². The van der Waals surface area contributed by atoms with Gasteiger partial charge in [0.2, 0.25) is 11.9 Å². The van der Waals surface area contributed by atoms with Crippen molar-refractivity contribution in [2.24, 2.45) is 7.05 Å². The Morgan fingerprint density at radius 1 is 1.06 bits per heavy atom. The van der Waals surface area contributed by atoms with Crippen LogP contribution in [0.5, 0.6) is 0 Å². The summed E-state index contributed by atoms with van der Waals surface area (Å²) in [5.41, 5.74) is 11.3. The number of nitrogen functional groups attached to an aromatic ring is 1. The van der Waals surface area contributed by atoms with E-state index in [0.717, 1.165) is 33.4 Å². The molecule has 8 nitrogen and oxygen atoms in total. The van der Waals surface area contributed by atoms with E-state index in [-0.39, 0.29) is 11.5 Å². The molecular formula is C23H24N6O2. The Balaban J connectivity index is 1.68. The number of hydrogen-bond donors (Lipinski definition) is 1. The molecule has 158 valence electrons. The molecule has 0 spiro atoms. The molecule has 0 radical (unpaired) electrons. The molecule has 31 heavy (non-hydrogen) atoms. The highest BCUT2D eigenvalue weighted by Gasteiger charge is 2.12. The van der Waals surface area contributed by atoms with Crippen LogP contribution in [0.2, 0.25) is 0 Å². The molecule has 4 aromatic rings. The molecule has 0 aliphatic rings. The van der Waals surface area contributed by atoms with Gasteiger partial charge < -0.3 is 15.2 Å². The van der Waals surface area contributed by atoms with Crippen LogP contribution in [0, 0.1) is 0 Å².